The summed E-state index contributed by atoms with van der Waals surface area (Å²) in [6.45, 7) is 1.99. The number of hydrogen-bond donors (Lipinski definition) is 1. The van der Waals surface area contributed by atoms with E-state index in [-0.39, 0.29) is 0 Å². The average Bonchev–Trinajstić information content (AvgIpc) is 2.92. The van der Waals surface area contributed by atoms with E-state index in [1.165, 1.54) is 0 Å². The molecule has 0 aliphatic rings. The van der Waals surface area contributed by atoms with E-state index in [1.807, 2.05) is 29.8 Å². The topological polar surface area (TPSA) is 58.9 Å². The first-order chi connectivity index (χ1) is 8.74. The number of aromatic nitrogens is 5. The molecule has 0 aromatic carbocycles. The zero-order chi connectivity index (χ0) is 12.5. The molecule has 0 fully saturated rings. The van der Waals surface area contributed by atoms with Crippen LogP contribution in [-0.4, -0.2) is 24.3 Å². The molecule has 3 heterocycles. The summed E-state index contributed by atoms with van der Waals surface area (Å²) in [6.07, 6.45) is 5.49. The summed E-state index contributed by atoms with van der Waals surface area (Å²) >= 11 is 5.17. The van der Waals surface area contributed by atoms with Crippen LogP contribution in [0, 0.1) is 6.92 Å². The highest BCUT2D eigenvalue weighted by Crippen LogP contribution is 2.25. The maximum Gasteiger partial charge on any atom is 0.234 e. The van der Waals surface area contributed by atoms with Crippen LogP contribution in [0.25, 0.3) is 5.78 Å². The number of fused-ring (bicyclic) bond motifs is 1. The molecule has 92 valence electrons. The van der Waals surface area contributed by atoms with Crippen molar-refractivity contribution in [2.45, 2.75) is 17.8 Å². The predicted octanol–water partition coefficient (Wildman–Crippen LogP) is 2.82. The van der Waals surface area contributed by atoms with Crippen LogP contribution in [0.1, 0.15) is 11.4 Å². The van der Waals surface area contributed by atoms with Gasteiger partial charge in [0.2, 0.25) is 5.78 Å². The zero-order valence-electron chi connectivity index (χ0n) is 9.59. The van der Waals surface area contributed by atoms with E-state index in [4.69, 9.17) is 0 Å². The Hall–Kier alpha value is -1.34. The summed E-state index contributed by atoms with van der Waals surface area (Å²) in [5.41, 5.74) is 2.03. The number of nitrogens with one attached hydrogen (secondary N) is 1. The molecule has 0 saturated carbocycles. The van der Waals surface area contributed by atoms with Gasteiger partial charge in [-0.2, -0.15) is 0 Å². The van der Waals surface area contributed by atoms with Crippen molar-refractivity contribution in [2.75, 3.05) is 0 Å². The average molecular weight is 324 g/mol. The number of hydrogen-bond acceptors (Lipinski definition) is 4. The molecule has 0 aliphatic heterocycles. The van der Waals surface area contributed by atoms with Gasteiger partial charge in [0.1, 0.15) is 4.60 Å². The Labute approximate surface area is 116 Å². The first-order valence-electron chi connectivity index (χ1n) is 5.36. The number of nitrogens with zero attached hydrogens (tertiary/aromatic N) is 4. The van der Waals surface area contributed by atoms with Crippen LogP contribution in [0.3, 0.4) is 0 Å². The molecule has 1 N–H and O–H groups in total. The number of H-pyrrole nitrogens is 1. The molecule has 0 saturated heterocycles. The predicted molar refractivity (Wildman–Crippen MR) is 73.6 cm³/mol. The van der Waals surface area contributed by atoms with Gasteiger partial charge in [-0.3, -0.25) is 4.40 Å². The quantitative estimate of drug-likeness (QED) is 0.753. The molecule has 18 heavy (non-hydrogen) atoms. The highest BCUT2D eigenvalue weighted by Gasteiger charge is 2.11. The van der Waals surface area contributed by atoms with Gasteiger partial charge in [0.15, 0.2) is 5.16 Å². The van der Waals surface area contributed by atoms with Gasteiger partial charge in [-0.25, -0.2) is 15.0 Å². The van der Waals surface area contributed by atoms with Gasteiger partial charge in [-0.1, -0.05) is 11.8 Å². The Balaban J connectivity index is 1.84. The smallest absolute Gasteiger partial charge is 0.234 e. The summed E-state index contributed by atoms with van der Waals surface area (Å²) in [6, 6.07) is 1.88. The Morgan fingerprint density at radius 1 is 1.44 bits per heavy atom. The largest absolute Gasteiger partial charge is 0.337 e. The number of rotatable bonds is 3. The minimum absolute atomic E-state index is 0.704. The van der Waals surface area contributed by atoms with Crippen molar-refractivity contribution < 1.29 is 0 Å². The fourth-order valence-corrected chi connectivity index (χ4v) is 3.12. The van der Waals surface area contributed by atoms with Crippen LogP contribution >= 0.6 is 27.7 Å². The Kier molecular flexibility index (Phi) is 3.09. The first-order valence-corrected chi connectivity index (χ1v) is 7.14. The lowest BCUT2D eigenvalue weighted by atomic mass is 10.6. The molecule has 3 aromatic heterocycles. The monoisotopic (exact) mass is 323 g/mol. The van der Waals surface area contributed by atoms with Gasteiger partial charge in [0.05, 0.1) is 5.69 Å². The molecule has 0 amide bonds. The van der Waals surface area contributed by atoms with Crippen LogP contribution in [0.5, 0.6) is 0 Å². The minimum atomic E-state index is 0.704. The van der Waals surface area contributed by atoms with Crippen molar-refractivity contribution >= 4 is 33.5 Å². The number of imidazole rings is 2. The highest BCUT2D eigenvalue weighted by atomic mass is 79.9. The molecule has 0 atom stereocenters. The van der Waals surface area contributed by atoms with E-state index < -0.39 is 0 Å². The lowest BCUT2D eigenvalue weighted by Gasteiger charge is -1.96. The van der Waals surface area contributed by atoms with Gasteiger partial charge in [-0.15, -0.1) is 0 Å². The van der Waals surface area contributed by atoms with Crippen molar-refractivity contribution in [1.82, 2.24) is 24.3 Å². The van der Waals surface area contributed by atoms with Crippen molar-refractivity contribution in [1.29, 1.82) is 0 Å². The molecule has 0 bridgehead atoms. The second kappa shape index (κ2) is 4.74. The Morgan fingerprint density at radius 2 is 2.33 bits per heavy atom. The van der Waals surface area contributed by atoms with Crippen LogP contribution in [0.2, 0.25) is 0 Å². The van der Waals surface area contributed by atoms with Gasteiger partial charge < -0.3 is 4.98 Å². The van der Waals surface area contributed by atoms with Crippen LogP contribution in [0.15, 0.2) is 34.4 Å². The van der Waals surface area contributed by atoms with Crippen LogP contribution < -0.4 is 0 Å². The Morgan fingerprint density at radius 3 is 3.06 bits per heavy atom. The third-order valence-electron chi connectivity index (χ3n) is 2.44. The minimum Gasteiger partial charge on any atom is -0.337 e. The molecule has 0 unspecified atom stereocenters. The second-order valence-electron chi connectivity index (χ2n) is 3.80. The van der Waals surface area contributed by atoms with Gasteiger partial charge >= 0.3 is 0 Å². The third-order valence-corrected chi connectivity index (χ3v) is 4.17. The fourth-order valence-electron chi connectivity index (χ4n) is 1.60. The molecule has 3 aromatic rings. The normalized spacial score (nSPS) is 11.2. The number of aryl methyl sites for hydroxylation is 1. The Bertz CT molecular complexity index is 690. The summed E-state index contributed by atoms with van der Waals surface area (Å²) < 4.78 is 2.87. The van der Waals surface area contributed by atoms with E-state index >= 15 is 0 Å². The summed E-state index contributed by atoms with van der Waals surface area (Å²) in [4.78, 5) is 16.1. The van der Waals surface area contributed by atoms with Crippen molar-refractivity contribution in [3.8, 4) is 0 Å². The lowest BCUT2D eigenvalue weighted by Crippen LogP contribution is -1.85. The molecule has 0 spiro atoms. The van der Waals surface area contributed by atoms with Crippen LogP contribution in [-0.2, 0) is 5.75 Å². The molecular formula is C11H10BrN5S. The first kappa shape index (κ1) is 11.7. The van der Waals surface area contributed by atoms with Gasteiger partial charge in [-0.05, 0) is 28.9 Å². The standard InChI is InChI=1S/C11H10BrN5S/c1-7-5-14-11(15-7)18-6-8-9(12)17-4-2-3-13-10(17)16-8/h2-5H,6H2,1H3,(H,14,15). The molecule has 3 rings (SSSR count). The molecule has 0 aliphatic carbocycles. The number of halogens is 1. The van der Waals surface area contributed by atoms with Crippen molar-refractivity contribution in [2.24, 2.45) is 0 Å². The van der Waals surface area contributed by atoms with Crippen LogP contribution in [0.4, 0.5) is 0 Å². The highest BCUT2D eigenvalue weighted by molar-refractivity contribution is 9.10. The van der Waals surface area contributed by atoms with E-state index in [1.54, 1.807) is 18.0 Å². The molecule has 0 radical (unpaired) electrons. The molecular weight excluding hydrogens is 314 g/mol. The van der Waals surface area contributed by atoms with E-state index in [2.05, 4.69) is 35.9 Å². The lowest BCUT2D eigenvalue weighted by molar-refractivity contribution is 1.04. The molecule has 7 heteroatoms. The maximum absolute atomic E-state index is 4.48. The molecule has 5 nitrogen and oxygen atoms in total. The summed E-state index contributed by atoms with van der Waals surface area (Å²) in [7, 11) is 0. The third kappa shape index (κ3) is 2.15. The van der Waals surface area contributed by atoms with Gasteiger partial charge in [0, 0.05) is 30.0 Å². The fraction of sp³-hybridized carbons (Fsp3) is 0.182. The number of thioether (sulfide) groups is 1. The summed E-state index contributed by atoms with van der Waals surface area (Å²) in [5.74, 6) is 1.45. The summed E-state index contributed by atoms with van der Waals surface area (Å²) in [5, 5.41) is 0.907. The van der Waals surface area contributed by atoms with E-state index in [0.717, 1.165) is 26.9 Å². The number of aromatic amines is 1. The van der Waals surface area contributed by atoms with E-state index in [9.17, 15) is 0 Å². The SMILES string of the molecule is Cc1cnc(SCc2nc3ncccn3c2Br)[nH]1. The van der Waals surface area contributed by atoms with E-state index in [0.29, 0.717) is 5.78 Å². The maximum atomic E-state index is 4.48. The second-order valence-corrected chi connectivity index (χ2v) is 5.51. The van der Waals surface area contributed by atoms with Crippen molar-refractivity contribution in [3.05, 3.63) is 40.6 Å². The van der Waals surface area contributed by atoms with Crippen molar-refractivity contribution in [3.63, 3.8) is 0 Å². The van der Waals surface area contributed by atoms with Gasteiger partial charge in [0.25, 0.3) is 0 Å². The zero-order valence-corrected chi connectivity index (χ0v) is 12.0.